The summed E-state index contributed by atoms with van der Waals surface area (Å²) in [6.07, 6.45) is 2.36. The van der Waals surface area contributed by atoms with Crippen LogP contribution >= 0.6 is 11.8 Å². The molecule has 1 N–H and O–H groups in total. The summed E-state index contributed by atoms with van der Waals surface area (Å²) in [5.74, 6) is 1.32. The van der Waals surface area contributed by atoms with E-state index in [4.69, 9.17) is 0 Å². The Morgan fingerprint density at radius 2 is 2.33 bits per heavy atom. The highest BCUT2D eigenvalue weighted by Gasteiger charge is 2.14. The Bertz CT molecular complexity index is 434. The molecule has 1 heterocycles. The van der Waals surface area contributed by atoms with E-state index in [1.165, 1.54) is 22.6 Å². The van der Waals surface area contributed by atoms with Crippen molar-refractivity contribution in [3.05, 3.63) is 23.8 Å². The largest absolute Gasteiger partial charge is 0.314 e. The number of anilines is 1. The number of likely N-dealkylation sites (N-methyl/N-ethyl adjacent to an activating group) is 2. The molecule has 3 nitrogen and oxygen atoms in total. The minimum absolute atomic E-state index is 0.111. The molecule has 18 heavy (non-hydrogen) atoms. The molecular formula is C14H20N2OS. The predicted molar refractivity (Wildman–Crippen MR) is 77.4 cm³/mol. The van der Waals surface area contributed by atoms with Gasteiger partial charge in [0.2, 0.25) is 5.91 Å². The van der Waals surface area contributed by atoms with E-state index in [0.717, 1.165) is 18.7 Å². The summed E-state index contributed by atoms with van der Waals surface area (Å²) >= 11 is 1.92. The summed E-state index contributed by atoms with van der Waals surface area (Å²) < 4.78 is 0. The molecule has 4 heteroatoms. The number of benzene rings is 1. The highest BCUT2D eigenvalue weighted by molar-refractivity contribution is 7.99. The minimum atomic E-state index is 0.111. The maximum Gasteiger partial charge on any atom is 0.240 e. The fraction of sp³-hybridized carbons (Fsp3) is 0.500. The van der Waals surface area contributed by atoms with Gasteiger partial charge in [0.25, 0.3) is 0 Å². The first-order valence-corrected chi connectivity index (χ1v) is 7.44. The van der Waals surface area contributed by atoms with E-state index in [-0.39, 0.29) is 5.91 Å². The molecule has 98 valence electrons. The SMILES string of the molecule is CCNCC(=O)N(C)c1ccc2c(c1)CCCS2. The number of fused-ring (bicyclic) bond motifs is 1. The van der Waals surface area contributed by atoms with E-state index in [1.54, 1.807) is 4.90 Å². The number of rotatable bonds is 4. The fourth-order valence-electron chi connectivity index (χ4n) is 2.05. The Morgan fingerprint density at radius 1 is 1.50 bits per heavy atom. The number of carbonyl (C=O) groups excluding carboxylic acids is 1. The maximum absolute atomic E-state index is 11.9. The molecule has 0 unspecified atom stereocenters. The smallest absolute Gasteiger partial charge is 0.240 e. The average Bonchev–Trinajstić information content (AvgIpc) is 2.43. The van der Waals surface area contributed by atoms with E-state index in [2.05, 4.69) is 17.4 Å². The van der Waals surface area contributed by atoms with Crippen LogP contribution in [0.4, 0.5) is 5.69 Å². The highest BCUT2D eigenvalue weighted by Crippen LogP contribution is 2.32. The average molecular weight is 264 g/mol. The van der Waals surface area contributed by atoms with Crippen molar-refractivity contribution in [3.63, 3.8) is 0 Å². The lowest BCUT2D eigenvalue weighted by atomic mass is 10.1. The van der Waals surface area contributed by atoms with Crippen LogP contribution in [0.25, 0.3) is 0 Å². The zero-order chi connectivity index (χ0) is 13.0. The normalized spacial score (nSPS) is 14.1. The number of hydrogen-bond acceptors (Lipinski definition) is 3. The van der Waals surface area contributed by atoms with E-state index in [1.807, 2.05) is 31.8 Å². The van der Waals surface area contributed by atoms with Gasteiger partial charge in [-0.2, -0.15) is 0 Å². The molecule has 1 aliphatic heterocycles. The van der Waals surface area contributed by atoms with E-state index in [0.29, 0.717) is 6.54 Å². The number of hydrogen-bond donors (Lipinski definition) is 1. The fourth-order valence-corrected chi connectivity index (χ4v) is 3.07. The van der Waals surface area contributed by atoms with Crippen LogP contribution in [0.2, 0.25) is 0 Å². The number of nitrogens with zero attached hydrogens (tertiary/aromatic N) is 1. The van der Waals surface area contributed by atoms with Crippen LogP contribution in [0.5, 0.6) is 0 Å². The Labute approximate surface area is 113 Å². The molecule has 1 aromatic rings. The number of thioether (sulfide) groups is 1. The number of aryl methyl sites for hydroxylation is 1. The molecule has 2 rings (SSSR count). The Morgan fingerprint density at radius 3 is 3.11 bits per heavy atom. The van der Waals surface area contributed by atoms with Gasteiger partial charge < -0.3 is 10.2 Å². The second kappa shape index (κ2) is 6.25. The van der Waals surface area contributed by atoms with Crippen LogP contribution in [-0.4, -0.2) is 31.8 Å². The Balaban J connectivity index is 2.10. The minimum Gasteiger partial charge on any atom is -0.314 e. The molecule has 0 radical (unpaired) electrons. The summed E-state index contributed by atoms with van der Waals surface area (Å²) in [5, 5.41) is 3.07. The van der Waals surface area contributed by atoms with Crippen molar-refractivity contribution in [2.75, 3.05) is 30.8 Å². The molecule has 0 aliphatic carbocycles. The lowest BCUT2D eigenvalue weighted by Gasteiger charge is -2.21. The third-order valence-electron chi connectivity index (χ3n) is 3.18. The van der Waals surface area contributed by atoms with Crippen LogP contribution in [-0.2, 0) is 11.2 Å². The molecule has 1 aliphatic rings. The first-order chi connectivity index (χ1) is 8.72. The highest BCUT2D eigenvalue weighted by atomic mass is 32.2. The van der Waals surface area contributed by atoms with Crippen LogP contribution in [0.3, 0.4) is 0 Å². The number of carbonyl (C=O) groups is 1. The molecule has 0 spiro atoms. The third-order valence-corrected chi connectivity index (χ3v) is 4.38. The monoisotopic (exact) mass is 264 g/mol. The molecule has 0 saturated carbocycles. The summed E-state index contributed by atoms with van der Waals surface area (Å²) in [5.41, 5.74) is 2.38. The van der Waals surface area contributed by atoms with Gasteiger partial charge in [-0.05, 0) is 48.9 Å². The van der Waals surface area contributed by atoms with Crippen LogP contribution in [0, 0.1) is 0 Å². The summed E-state index contributed by atoms with van der Waals surface area (Å²) in [7, 11) is 1.84. The van der Waals surface area contributed by atoms with Gasteiger partial charge in [0.05, 0.1) is 6.54 Å². The van der Waals surface area contributed by atoms with Crippen molar-refractivity contribution in [1.82, 2.24) is 5.32 Å². The summed E-state index contributed by atoms with van der Waals surface area (Å²) in [4.78, 5) is 15.0. The lowest BCUT2D eigenvalue weighted by molar-refractivity contribution is -0.117. The maximum atomic E-state index is 11.9. The van der Waals surface area contributed by atoms with Gasteiger partial charge in [-0.15, -0.1) is 11.8 Å². The first-order valence-electron chi connectivity index (χ1n) is 6.45. The lowest BCUT2D eigenvalue weighted by Crippen LogP contribution is -2.35. The van der Waals surface area contributed by atoms with E-state index in [9.17, 15) is 4.79 Å². The molecule has 0 bridgehead atoms. The van der Waals surface area contributed by atoms with Crippen molar-refractivity contribution >= 4 is 23.4 Å². The molecule has 0 fully saturated rings. The van der Waals surface area contributed by atoms with Gasteiger partial charge in [-0.25, -0.2) is 0 Å². The molecule has 1 aromatic carbocycles. The topological polar surface area (TPSA) is 32.3 Å². The molecule has 0 saturated heterocycles. The molecular weight excluding hydrogens is 244 g/mol. The van der Waals surface area contributed by atoms with Gasteiger partial charge >= 0.3 is 0 Å². The quantitative estimate of drug-likeness (QED) is 0.905. The van der Waals surface area contributed by atoms with Crippen molar-refractivity contribution in [2.45, 2.75) is 24.7 Å². The summed E-state index contributed by atoms with van der Waals surface area (Å²) in [6.45, 7) is 3.22. The molecule has 0 aromatic heterocycles. The zero-order valence-corrected chi connectivity index (χ0v) is 11.8. The second-order valence-electron chi connectivity index (χ2n) is 4.48. The van der Waals surface area contributed by atoms with Gasteiger partial charge in [0.15, 0.2) is 0 Å². The van der Waals surface area contributed by atoms with Crippen LogP contribution in [0.1, 0.15) is 18.9 Å². The third kappa shape index (κ3) is 3.06. The zero-order valence-electron chi connectivity index (χ0n) is 11.0. The van der Waals surface area contributed by atoms with Crippen LogP contribution < -0.4 is 10.2 Å². The number of amides is 1. The van der Waals surface area contributed by atoms with Gasteiger partial charge in [-0.1, -0.05) is 6.92 Å². The van der Waals surface area contributed by atoms with Gasteiger partial charge in [-0.3, -0.25) is 4.79 Å². The predicted octanol–water partition coefficient (Wildman–Crippen LogP) is 2.30. The van der Waals surface area contributed by atoms with Gasteiger partial charge in [0.1, 0.15) is 0 Å². The summed E-state index contributed by atoms with van der Waals surface area (Å²) in [6, 6.07) is 6.35. The van der Waals surface area contributed by atoms with Crippen LogP contribution in [0.15, 0.2) is 23.1 Å². The molecule has 1 amide bonds. The molecule has 0 atom stereocenters. The number of nitrogens with one attached hydrogen (secondary N) is 1. The van der Waals surface area contributed by atoms with Crippen molar-refractivity contribution in [2.24, 2.45) is 0 Å². The van der Waals surface area contributed by atoms with E-state index >= 15 is 0 Å². The Kier molecular flexibility index (Phi) is 4.66. The first kappa shape index (κ1) is 13.4. The Hall–Kier alpha value is -1.00. The van der Waals surface area contributed by atoms with Gasteiger partial charge in [0, 0.05) is 17.6 Å². The standard InChI is InChI=1S/C14H20N2OS/c1-3-15-10-14(17)16(2)12-6-7-13-11(9-12)5-4-8-18-13/h6-7,9,15H,3-5,8,10H2,1-2H3. The van der Waals surface area contributed by atoms with Crippen molar-refractivity contribution in [1.29, 1.82) is 0 Å². The van der Waals surface area contributed by atoms with E-state index < -0.39 is 0 Å². The van der Waals surface area contributed by atoms with Crippen molar-refractivity contribution < 1.29 is 4.79 Å². The van der Waals surface area contributed by atoms with Crippen molar-refractivity contribution in [3.8, 4) is 0 Å². The second-order valence-corrected chi connectivity index (χ2v) is 5.61.